The van der Waals surface area contributed by atoms with Crippen LogP contribution in [0.1, 0.15) is 62.0 Å². The predicted molar refractivity (Wildman–Crippen MR) is 165 cm³/mol. The highest BCUT2D eigenvalue weighted by Gasteiger charge is 2.42. The van der Waals surface area contributed by atoms with Crippen LogP contribution < -0.4 is 10.6 Å². The third-order valence-electron chi connectivity index (χ3n) is 9.70. The fourth-order valence-corrected chi connectivity index (χ4v) is 9.06. The third kappa shape index (κ3) is 7.65. The summed E-state index contributed by atoms with van der Waals surface area (Å²) in [6.07, 6.45) is 2.08. The number of aliphatic hydroxyl groups excluding tert-OH is 1. The number of fused-ring (bicyclic) bond motifs is 2. The number of carbonyl (C=O) groups excluding carboxylic acids is 1. The van der Waals surface area contributed by atoms with Crippen LogP contribution in [0.2, 0.25) is 0 Å². The summed E-state index contributed by atoms with van der Waals surface area (Å²) in [5.41, 5.74) is 0.976. The largest absolute Gasteiger partial charge is 0.465 e. The molecule has 0 aromatic heterocycles. The first-order valence-electron chi connectivity index (χ1n) is 15.6. The molecule has 5 rings (SSSR count). The lowest BCUT2D eigenvalue weighted by Gasteiger charge is -2.39. The summed E-state index contributed by atoms with van der Waals surface area (Å²) in [7, 11) is -2.13. The first-order chi connectivity index (χ1) is 21.4. The Bertz CT molecular complexity index is 1470. The van der Waals surface area contributed by atoms with Gasteiger partial charge in [-0.3, -0.25) is 9.69 Å². The van der Waals surface area contributed by atoms with Crippen molar-refractivity contribution in [2.45, 2.75) is 81.5 Å². The van der Waals surface area contributed by atoms with Gasteiger partial charge in [-0.1, -0.05) is 18.2 Å². The van der Waals surface area contributed by atoms with Gasteiger partial charge in [0, 0.05) is 49.4 Å². The molecule has 1 aliphatic carbocycles. The standard InChI is InChI=1S/C32H42F2N4O6S/c1-37(32(41)42)30(29(20-7-11-22(33)12-8-20)21-9-14-25(39)15-10-21)31(40)36-28-6-2-5-27(34)26(28)16-13-24-18-35-23-4-3-17-45(43,44)38(24)19-23/h2,5-8,11-12,21,23-25,29-30,35,39H,3-4,9-10,13-19H2,1H3,(H,36,40)(H,41,42)/t21?,23-,24+,25?,29+,30+/m1/s1. The molecule has 2 bridgehead atoms. The van der Waals surface area contributed by atoms with Gasteiger partial charge in [0.15, 0.2) is 0 Å². The number of sulfonamides is 1. The van der Waals surface area contributed by atoms with Crippen molar-refractivity contribution in [1.29, 1.82) is 0 Å². The van der Waals surface area contributed by atoms with Gasteiger partial charge >= 0.3 is 6.09 Å². The van der Waals surface area contributed by atoms with Gasteiger partial charge in [-0.05, 0) is 87.1 Å². The minimum atomic E-state index is -3.44. The van der Waals surface area contributed by atoms with E-state index in [1.807, 2.05) is 0 Å². The van der Waals surface area contributed by atoms with E-state index in [-0.39, 0.29) is 41.4 Å². The second kappa shape index (κ2) is 14.1. The lowest BCUT2D eigenvalue weighted by Crippen LogP contribution is -2.57. The van der Waals surface area contributed by atoms with Crippen molar-refractivity contribution in [3.05, 3.63) is 65.2 Å². The Morgan fingerprint density at radius 3 is 2.49 bits per heavy atom. The first-order valence-corrected chi connectivity index (χ1v) is 17.3. The molecule has 2 saturated heterocycles. The van der Waals surface area contributed by atoms with E-state index in [1.165, 1.54) is 35.6 Å². The highest BCUT2D eigenvalue weighted by molar-refractivity contribution is 7.89. The minimum absolute atomic E-state index is 0.0797. The number of carbonyl (C=O) groups is 2. The summed E-state index contributed by atoms with van der Waals surface area (Å²) in [4.78, 5) is 27.4. The topological polar surface area (TPSA) is 139 Å². The van der Waals surface area contributed by atoms with Crippen molar-refractivity contribution in [3.63, 3.8) is 0 Å². The predicted octanol–water partition coefficient (Wildman–Crippen LogP) is 3.92. The summed E-state index contributed by atoms with van der Waals surface area (Å²) in [6.45, 7) is 0.820. The molecule has 5 atom stereocenters. The van der Waals surface area contributed by atoms with Crippen molar-refractivity contribution < 1.29 is 37.0 Å². The molecular weight excluding hydrogens is 606 g/mol. The quantitative estimate of drug-likeness (QED) is 0.323. The summed E-state index contributed by atoms with van der Waals surface area (Å²) in [6, 6.07) is 8.40. The van der Waals surface area contributed by atoms with Gasteiger partial charge in [0.25, 0.3) is 0 Å². The van der Waals surface area contributed by atoms with E-state index in [1.54, 1.807) is 18.2 Å². The number of aliphatic hydroxyl groups is 1. The van der Waals surface area contributed by atoms with Crippen molar-refractivity contribution in [2.24, 2.45) is 5.92 Å². The number of benzene rings is 2. The molecule has 45 heavy (non-hydrogen) atoms. The molecule has 2 amide bonds. The summed E-state index contributed by atoms with van der Waals surface area (Å²) < 4.78 is 56.6. The molecule has 2 heterocycles. The van der Waals surface area contributed by atoms with Gasteiger partial charge < -0.3 is 20.8 Å². The Morgan fingerprint density at radius 1 is 1.09 bits per heavy atom. The molecule has 10 nitrogen and oxygen atoms in total. The maximum atomic E-state index is 15.3. The second-order valence-corrected chi connectivity index (χ2v) is 14.6. The van der Waals surface area contributed by atoms with E-state index in [9.17, 15) is 32.6 Å². The normalized spacial score (nSPS) is 27.5. The van der Waals surface area contributed by atoms with Gasteiger partial charge in [0.1, 0.15) is 17.7 Å². The third-order valence-corrected chi connectivity index (χ3v) is 11.7. The van der Waals surface area contributed by atoms with E-state index in [0.717, 1.165) is 11.3 Å². The van der Waals surface area contributed by atoms with E-state index >= 15 is 4.39 Å². The highest BCUT2D eigenvalue weighted by atomic mass is 32.2. The average Bonchev–Trinajstić information content (AvgIpc) is 3.12. The number of hydrogen-bond acceptors (Lipinski definition) is 6. The number of hydrogen-bond donors (Lipinski definition) is 4. The zero-order valence-corrected chi connectivity index (χ0v) is 26.2. The number of halogens is 2. The monoisotopic (exact) mass is 648 g/mol. The molecule has 3 fully saturated rings. The van der Waals surface area contributed by atoms with Crippen LogP contribution in [0.15, 0.2) is 42.5 Å². The summed E-state index contributed by atoms with van der Waals surface area (Å²) >= 11 is 0. The highest BCUT2D eigenvalue weighted by Crippen LogP contribution is 2.40. The molecular formula is C32H42F2N4O6S. The first kappa shape index (κ1) is 33.2. The molecule has 1 saturated carbocycles. The number of amides is 2. The van der Waals surface area contributed by atoms with E-state index in [2.05, 4.69) is 10.6 Å². The van der Waals surface area contributed by atoms with Crippen LogP contribution in [0.25, 0.3) is 0 Å². The van der Waals surface area contributed by atoms with Crippen LogP contribution in [0.3, 0.4) is 0 Å². The van der Waals surface area contributed by atoms with Crippen molar-refractivity contribution in [3.8, 4) is 0 Å². The number of likely N-dealkylation sites (N-methyl/N-ethyl adjacent to an activating group) is 1. The number of nitrogens with one attached hydrogen (secondary N) is 2. The Hall–Kier alpha value is -3.13. The van der Waals surface area contributed by atoms with E-state index in [0.29, 0.717) is 57.2 Å². The Morgan fingerprint density at radius 2 is 1.80 bits per heavy atom. The Kier molecular flexibility index (Phi) is 10.4. The van der Waals surface area contributed by atoms with Crippen LogP contribution in [-0.2, 0) is 21.2 Å². The molecule has 2 aromatic rings. The van der Waals surface area contributed by atoms with Crippen LogP contribution >= 0.6 is 0 Å². The SMILES string of the molecule is CN(C(=O)O)[C@H](C(=O)Nc1cccc(F)c1CC[C@H]1CN[C@@H]2CCCS(=O)(=O)N1C2)[C@@H](c1ccc(F)cc1)C1CCC(O)CC1. The van der Waals surface area contributed by atoms with Gasteiger partial charge in [-0.25, -0.2) is 22.0 Å². The number of anilines is 1. The van der Waals surface area contributed by atoms with Crippen molar-refractivity contribution in [2.75, 3.05) is 31.2 Å². The number of piperazine rings is 1. The number of nitrogens with zero attached hydrogens (tertiary/aromatic N) is 2. The molecule has 3 aliphatic rings. The van der Waals surface area contributed by atoms with Gasteiger partial charge in [0.05, 0.1) is 11.9 Å². The minimum Gasteiger partial charge on any atom is -0.465 e. The van der Waals surface area contributed by atoms with Crippen LogP contribution in [0.5, 0.6) is 0 Å². The zero-order chi connectivity index (χ0) is 32.3. The lowest BCUT2D eigenvalue weighted by molar-refractivity contribution is -0.121. The van der Waals surface area contributed by atoms with Crippen molar-refractivity contribution in [1.82, 2.24) is 14.5 Å². The molecule has 2 aromatic carbocycles. The fourth-order valence-electron chi connectivity index (χ4n) is 7.25. The molecule has 2 aliphatic heterocycles. The molecule has 0 radical (unpaired) electrons. The summed E-state index contributed by atoms with van der Waals surface area (Å²) in [5.74, 6) is -2.45. The van der Waals surface area contributed by atoms with E-state index < -0.39 is 51.7 Å². The molecule has 13 heteroatoms. The van der Waals surface area contributed by atoms with Gasteiger partial charge in [0.2, 0.25) is 15.9 Å². The Labute approximate surface area is 262 Å². The summed E-state index contributed by atoms with van der Waals surface area (Å²) in [5, 5.41) is 26.4. The number of carboxylic acid groups (broad SMARTS) is 1. The maximum absolute atomic E-state index is 15.3. The fraction of sp³-hybridized carbons (Fsp3) is 0.562. The van der Waals surface area contributed by atoms with E-state index in [4.69, 9.17) is 0 Å². The lowest BCUT2D eigenvalue weighted by atomic mass is 9.72. The Balaban J connectivity index is 1.42. The van der Waals surface area contributed by atoms with Crippen LogP contribution in [-0.4, -0.2) is 90.0 Å². The molecule has 0 spiro atoms. The molecule has 246 valence electrons. The van der Waals surface area contributed by atoms with Gasteiger partial charge in [-0.2, -0.15) is 4.31 Å². The number of rotatable bonds is 9. The molecule has 1 unspecified atom stereocenters. The average molecular weight is 649 g/mol. The van der Waals surface area contributed by atoms with Crippen LogP contribution in [0, 0.1) is 17.6 Å². The smallest absolute Gasteiger partial charge is 0.407 e. The zero-order valence-electron chi connectivity index (χ0n) is 25.4. The van der Waals surface area contributed by atoms with Crippen LogP contribution in [0.4, 0.5) is 19.3 Å². The van der Waals surface area contributed by atoms with Crippen molar-refractivity contribution >= 4 is 27.7 Å². The maximum Gasteiger partial charge on any atom is 0.407 e. The second-order valence-electron chi connectivity index (χ2n) is 12.6. The van der Waals surface area contributed by atoms with Gasteiger partial charge in [-0.15, -0.1) is 0 Å². The molecule has 4 N–H and O–H groups in total.